The highest BCUT2D eigenvalue weighted by atomic mass is 16.3. The standard InChI is InChI=1S/C16H31NO2/c1-14-6-5-7-15(10-14,13-18)11-17(2)12-16(19)8-3-4-9-16/h14,18-19H,3-13H2,1-2H3. The van der Waals surface area contributed by atoms with E-state index in [0.29, 0.717) is 6.61 Å². The Labute approximate surface area is 118 Å². The number of rotatable bonds is 5. The van der Waals surface area contributed by atoms with E-state index in [2.05, 4.69) is 18.9 Å². The molecule has 0 amide bonds. The second-order valence-corrected chi connectivity index (χ2v) is 7.46. The third-order valence-corrected chi connectivity index (χ3v) is 5.22. The zero-order chi connectivity index (χ0) is 13.9. The van der Waals surface area contributed by atoms with Gasteiger partial charge >= 0.3 is 0 Å². The lowest BCUT2D eigenvalue weighted by molar-refractivity contribution is -0.0170. The molecule has 0 aromatic carbocycles. The highest BCUT2D eigenvalue weighted by molar-refractivity contribution is 4.91. The summed E-state index contributed by atoms with van der Waals surface area (Å²) < 4.78 is 0. The van der Waals surface area contributed by atoms with E-state index in [1.54, 1.807) is 0 Å². The second-order valence-electron chi connectivity index (χ2n) is 7.46. The third-order valence-electron chi connectivity index (χ3n) is 5.22. The SMILES string of the molecule is CC1CCCC(CO)(CN(C)CC2(O)CCCC2)C1. The number of hydrogen-bond acceptors (Lipinski definition) is 3. The van der Waals surface area contributed by atoms with Gasteiger partial charge in [-0.2, -0.15) is 0 Å². The van der Waals surface area contributed by atoms with E-state index in [-0.39, 0.29) is 5.41 Å². The molecule has 0 saturated heterocycles. The van der Waals surface area contributed by atoms with Crippen molar-refractivity contribution in [3.63, 3.8) is 0 Å². The van der Waals surface area contributed by atoms with Crippen LogP contribution in [0.3, 0.4) is 0 Å². The first-order valence-electron chi connectivity index (χ1n) is 7.99. The Morgan fingerprint density at radius 1 is 1.11 bits per heavy atom. The topological polar surface area (TPSA) is 43.7 Å². The summed E-state index contributed by atoms with van der Waals surface area (Å²) >= 11 is 0. The summed E-state index contributed by atoms with van der Waals surface area (Å²) in [6.45, 7) is 4.29. The van der Waals surface area contributed by atoms with E-state index in [0.717, 1.165) is 57.5 Å². The first-order chi connectivity index (χ1) is 8.97. The van der Waals surface area contributed by atoms with Crippen molar-refractivity contribution in [1.82, 2.24) is 4.90 Å². The minimum Gasteiger partial charge on any atom is -0.396 e. The third kappa shape index (κ3) is 3.93. The molecule has 0 radical (unpaired) electrons. The van der Waals surface area contributed by atoms with E-state index >= 15 is 0 Å². The van der Waals surface area contributed by atoms with Gasteiger partial charge in [-0.05, 0) is 38.6 Å². The molecule has 2 atom stereocenters. The molecule has 0 heterocycles. The van der Waals surface area contributed by atoms with E-state index in [4.69, 9.17) is 0 Å². The quantitative estimate of drug-likeness (QED) is 0.805. The van der Waals surface area contributed by atoms with Crippen molar-refractivity contribution >= 4 is 0 Å². The molecule has 0 bridgehead atoms. The summed E-state index contributed by atoms with van der Waals surface area (Å²) in [5.74, 6) is 0.726. The Bertz CT molecular complexity index is 288. The molecule has 2 rings (SSSR count). The minimum atomic E-state index is -0.467. The Morgan fingerprint density at radius 2 is 1.79 bits per heavy atom. The maximum absolute atomic E-state index is 10.5. The maximum Gasteiger partial charge on any atom is 0.0774 e. The predicted molar refractivity (Wildman–Crippen MR) is 78.1 cm³/mol. The van der Waals surface area contributed by atoms with E-state index in [1.807, 2.05) is 0 Å². The Morgan fingerprint density at radius 3 is 2.37 bits per heavy atom. The van der Waals surface area contributed by atoms with Gasteiger partial charge in [0.25, 0.3) is 0 Å². The molecule has 0 aromatic rings. The molecule has 2 aliphatic rings. The summed E-state index contributed by atoms with van der Waals surface area (Å²) in [6.07, 6.45) is 9.01. The molecule has 3 nitrogen and oxygen atoms in total. The summed E-state index contributed by atoms with van der Waals surface area (Å²) in [7, 11) is 2.10. The molecule has 3 heteroatoms. The van der Waals surface area contributed by atoms with Crippen molar-refractivity contribution in [2.75, 3.05) is 26.7 Å². The molecule has 112 valence electrons. The van der Waals surface area contributed by atoms with Crippen LogP contribution in [0, 0.1) is 11.3 Å². The molecule has 2 fully saturated rings. The number of hydrogen-bond donors (Lipinski definition) is 2. The van der Waals surface area contributed by atoms with Crippen LogP contribution in [0.25, 0.3) is 0 Å². The summed E-state index contributed by atoms with van der Waals surface area (Å²) in [4.78, 5) is 2.26. The largest absolute Gasteiger partial charge is 0.396 e. The number of aliphatic hydroxyl groups is 2. The fourth-order valence-electron chi connectivity index (χ4n) is 4.43. The fourth-order valence-corrected chi connectivity index (χ4v) is 4.43. The molecule has 2 saturated carbocycles. The van der Waals surface area contributed by atoms with Crippen LogP contribution in [0.4, 0.5) is 0 Å². The van der Waals surface area contributed by atoms with E-state index in [9.17, 15) is 10.2 Å². The first-order valence-corrected chi connectivity index (χ1v) is 7.99. The van der Waals surface area contributed by atoms with Gasteiger partial charge in [-0.1, -0.05) is 32.6 Å². The Balaban J connectivity index is 1.90. The average molecular weight is 269 g/mol. The smallest absolute Gasteiger partial charge is 0.0774 e. The van der Waals surface area contributed by atoms with Gasteiger partial charge in [0.1, 0.15) is 0 Å². The lowest BCUT2D eigenvalue weighted by Gasteiger charge is -2.42. The number of nitrogens with zero attached hydrogens (tertiary/aromatic N) is 1. The van der Waals surface area contributed by atoms with Crippen LogP contribution in [0.1, 0.15) is 58.3 Å². The van der Waals surface area contributed by atoms with Gasteiger partial charge in [-0.15, -0.1) is 0 Å². The van der Waals surface area contributed by atoms with Gasteiger partial charge in [0.15, 0.2) is 0 Å². The van der Waals surface area contributed by atoms with Crippen molar-refractivity contribution < 1.29 is 10.2 Å². The van der Waals surface area contributed by atoms with Gasteiger partial charge in [-0.25, -0.2) is 0 Å². The van der Waals surface area contributed by atoms with Gasteiger partial charge < -0.3 is 15.1 Å². The number of aliphatic hydroxyl groups excluding tert-OH is 1. The maximum atomic E-state index is 10.5. The summed E-state index contributed by atoms with van der Waals surface area (Å²) in [6, 6.07) is 0. The van der Waals surface area contributed by atoms with E-state index in [1.165, 1.54) is 12.8 Å². The lowest BCUT2D eigenvalue weighted by Crippen LogP contribution is -2.46. The number of likely N-dealkylation sites (N-methyl/N-ethyl adjacent to an activating group) is 1. The average Bonchev–Trinajstić information content (AvgIpc) is 2.75. The van der Waals surface area contributed by atoms with Crippen LogP contribution in [-0.4, -0.2) is 47.5 Å². The van der Waals surface area contributed by atoms with Crippen molar-refractivity contribution in [3.05, 3.63) is 0 Å². The molecular weight excluding hydrogens is 238 g/mol. The molecule has 0 aliphatic heterocycles. The molecule has 2 unspecified atom stereocenters. The van der Waals surface area contributed by atoms with Crippen LogP contribution in [0.15, 0.2) is 0 Å². The van der Waals surface area contributed by atoms with E-state index < -0.39 is 5.60 Å². The molecule has 0 aromatic heterocycles. The molecule has 2 N–H and O–H groups in total. The van der Waals surface area contributed by atoms with Crippen LogP contribution < -0.4 is 0 Å². The van der Waals surface area contributed by atoms with Crippen LogP contribution >= 0.6 is 0 Å². The summed E-state index contributed by atoms with van der Waals surface area (Å²) in [5.41, 5.74) is -0.396. The van der Waals surface area contributed by atoms with Gasteiger partial charge in [0.2, 0.25) is 0 Å². The highest BCUT2D eigenvalue weighted by Crippen LogP contribution is 2.40. The highest BCUT2D eigenvalue weighted by Gasteiger charge is 2.38. The normalized spacial score (nSPS) is 34.9. The predicted octanol–water partition coefficient (Wildman–Crippen LogP) is 2.41. The molecule has 2 aliphatic carbocycles. The second kappa shape index (κ2) is 6.11. The molecule has 0 spiro atoms. The first kappa shape index (κ1) is 15.3. The molecular formula is C16H31NO2. The van der Waals surface area contributed by atoms with Gasteiger partial charge in [0.05, 0.1) is 5.60 Å². The van der Waals surface area contributed by atoms with Gasteiger partial charge in [0, 0.05) is 25.1 Å². The Hall–Kier alpha value is -0.120. The van der Waals surface area contributed by atoms with Crippen molar-refractivity contribution in [2.24, 2.45) is 11.3 Å². The zero-order valence-corrected chi connectivity index (χ0v) is 12.7. The Kier molecular flexibility index (Phi) is 4.91. The van der Waals surface area contributed by atoms with Crippen molar-refractivity contribution in [1.29, 1.82) is 0 Å². The minimum absolute atomic E-state index is 0.0708. The van der Waals surface area contributed by atoms with Crippen molar-refractivity contribution in [2.45, 2.75) is 63.9 Å². The molecule has 19 heavy (non-hydrogen) atoms. The fraction of sp³-hybridized carbons (Fsp3) is 1.00. The van der Waals surface area contributed by atoms with Crippen LogP contribution in [0.2, 0.25) is 0 Å². The van der Waals surface area contributed by atoms with Crippen LogP contribution in [-0.2, 0) is 0 Å². The monoisotopic (exact) mass is 269 g/mol. The van der Waals surface area contributed by atoms with Crippen molar-refractivity contribution in [3.8, 4) is 0 Å². The lowest BCUT2D eigenvalue weighted by atomic mass is 9.70. The zero-order valence-electron chi connectivity index (χ0n) is 12.7. The van der Waals surface area contributed by atoms with Gasteiger partial charge in [-0.3, -0.25) is 0 Å². The summed E-state index contributed by atoms with van der Waals surface area (Å²) in [5, 5.41) is 20.3. The van der Waals surface area contributed by atoms with Crippen LogP contribution in [0.5, 0.6) is 0 Å².